The maximum Gasteiger partial charge on any atom is 0.165 e. The summed E-state index contributed by atoms with van der Waals surface area (Å²) in [5, 5.41) is 3.12. The minimum absolute atomic E-state index is 0.0748. The lowest BCUT2D eigenvalue weighted by Crippen LogP contribution is -2.41. The van der Waals surface area contributed by atoms with E-state index >= 15 is 0 Å². The zero-order valence-electron chi connectivity index (χ0n) is 8.71. The van der Waals surface area contributed by atoms with Gasteiger partial charge in [-0.05, 0) is 12.1 Å². The lowest BCUT2D eigenvalue weighted by Gasteiger charge is -2.23. The zero-order chi connectivity index (χ0) is 11.4. The highest BCUT2D eigenvalue weighted by atomic mass is 19.1. The van der Waals surface area contributed by atoms with E-state index in [1.54, 1.807) is 0 Å². The molecule has 1 atom stereocenters. The summed E-state index contributed by atoms with van der Waals surface area (Å²) in [5.74, 6) is -1.15. The number of nitrogens with one attached hydrogen (secondary N) is 1. The van der Waals surface area contributed by atoms with Crippen molar-refractivity contribution in [3.05, 3.63) is 29.8 Å². The summed E-state index contributed by atoms with van der Waals surface area (Å²) in [7, 11) is 0. The SMILES string of the molecule is Fc1ccc(F)c(OCC2CNCCO2)c1. The molecule has 5 heteroatoms. The van der Waals surface area contributed by atoms with Crippen molar-refractivity contribution in [2.75, 3.05) is 26.3 Å². The average Bonchev–Trinajstić information content (AvgIpc) is 2.32. The van der Waals surface area contributed by atoms with E-state index in [2.05, 4.69) is 5.32 Å². The minimum atomic E-state index is -0.565. The quantitative estimate of drug-likeness (QED) is 0.848. The first-order valence-electron chi connectivity index (χ1n) is 5.16. The molecule has 1 heterocycles. The molecule has 0 spiro atoms. The third-order valence-electron chi connectivity index (χ3n) is 2.32. The van der Waals surface area contributed by atoms with Gasteiger partial charge in [0, 0.05) is 19.2 Å². The van der Waals surface area contributed by atoms with Crippen molar-refractivity contribution in [1.29, 1.82) is 0 Å². The van der Waals surface area contributed by atoms with Gasteiger partial charge in [0.05, 0.1) is 6.61 Å². The molecule has 0 aromatic heterocycles. The predicted octanol–water partition coefficient (Wildman–Crippen LogP) is 1.33. The molecule has 0 radical (unpaired) electrons. The molecule has 1 fully saturated rings. The first-order valence-corrected chi connectivity index (χ1v) is 5.16. The number of hydrogen-bond donors (Lipinski definition) is 1. The van der Waals surface area contributed by atoms with Crippen LogP contribution in [0.3, 0.4) is 0 Å². The average molecular weight is 229 g/mol. The second-order valence-electron chi connectivity index (χ2n) is 3.58. The molecule has 0 amide bonds. The van der Waals surface area contributed by atoms with Crippen LogP contribution in [0.15, 0.2) is 18.2 Å². The Labute approximate surface area is 92.4 Å². The molecule has 0 bridgehead atoms. The summed E-state index contributed by atoms with van der Waals surface area (Å²) in [6.45, 7) is 2.30. The third kappa shape index (κ3) is 2.90. The normalized spacial score (nSPS) is 20.8. The van der Waals surface area contributed by atoms with Crippen molar-refractivity contribution >= 4 is 0 Å². The van der Waals surface area contributed by atoms with Crippen molar-refractivity contribution in [3.8, 4) is 5.75 Å². The lowest BCUT2D eigenvalue weighted by molar-refractivity contribution is -0.000604. The van der Waals surface area contributed by atoms with Gasteiger partial charge < -0.3 is 14.8 Å². The van der Waals surface area contributed by atoms with Crippen molar-refractivity contribution in [2.24, 2.45) is 0 Å². The molecule has 1 N–H and O–H groups in total. The molecule has 16 heavy (non-hydrogen) atoms. The van der Waals surface area contributed by atoms with E-state index in [-0.39, 0.29) is 18.5 Å². The van der Waals surface area contributed by atoms with Gasteiger partial charge in [0.15, 0.2) is 11.6 Å². The molecule has 3 nitrogen and oxygen atoms in total. The van der Waals surface area contributed by atoms with Gasteiger partial charge in [-0.2, -0.15) is 0 Å². The van der Waals surface area contributed by atoms with E-state index < -0.39 is 11.6 Å². The van der Waals surface area contributed by atoms with E-state index in [0.29, 0.717) is 13.2 Å². The van der Waals surface area contributed by atoms with Crippen molar-refractivity contribution in [2.45, 2.75) is 6.10 Å². The number of benzene rings is 1. The smallest absolute Gasteiger partial charge is 0.165 e. The van der Waals surface area contributed by atoms with Crippen LogP contribution in [0.4, 0.5) is 8.78 Å². The Kier molecular flexibility index (Phi) is 3.69. The fourth-order valence-electron chi connectivity index (χ4n) is 1.50. The number of hydrogen-bond acceptors (Lipinski definition) is 3. The van der Waals surface area contributed by atoms with Gasteiger partial charge in [-0.3, -0.25) is 0 Å². The molecular weight excluding hydrogens is 216 g/mol. The van der Waals surface area contributed by atoms with Gasteiger partial charge in [-0.25, -0.2) is 8.78 Å². The van der Waals surface area contributed by atoms with Crippen LogP contribution in [-0.2, 0) is 4.74 Å². The number of morpholine rings is 1. The van der Waals surface area contributed by atoms with E-state index in [1.807, 2.05) is 0 Å². The third-order valence-corrected chi connectivity index (χ3v) is 2.32. The second-order valence-corrected chi connectivity index (χ2v) is 3.58. The predicted molar refractivity (Wildman–Crippen MR) is 54.5 cm³/mol. The van der Waals surface area contributed by atoms with Crippen LogP contribution in [-0.4, -0.2) is 32.4 Å². The van der Waals surface area contributed by atoms with E-state index in [4.69, 9.17) is 9.47 Å². The van der Waals surface area contributed by atoms with Gasteiger partial charge in [0.25, 0.3) is 0 Å². The summed E-state index contributed by atoms with van der Waals surface area (Å²) < 4.78 is 36.5. The number of halogens is 2. The Hall–Kier alpha value is -1.20. The molecule has 1 aromatic rings. The molecular formula is C11H13F2NO2. The summed E-state index contributed by atoms with van der Waals surface area (Å²) in [5.41, 5.74) is 0. The largest absolute Gasteiger partial charge is 0.488 e. The number of rotatable bonds is 3. The Balaban J connectivity index is 1.90. The Morgan fingerprint density at radius 1 is 1.44 bits per heavy atom. The van der Waals surface area contributed by atoms with Crippen LogP contribution >= 0.6 is 0 Å². The summed E-state index contributed by atoms with van der Waals surface area (Å²) in [6.07, 6.45) is -0.114. The molecule has 1 saturated heterocycles. The van der Waals surface area contributed by atoms with Crippen LogP contribution < -0.4 is 10.1 Å². The van der Waals surface area contributed by atoms with Crippen LogP contribution in [0, 0.1) is 11.6 Å². The Morgan fingerprint density at radius 2 is 2.31 bits per heavy atom. The van der Waals surface area contributed by atoms with E-state index in [1.165, 1.54) is 0 Å². The lowest BCUT2D eigenvalue weighted by atomic mass is 10.3. The highest BCUT2D eigenvalue weighted by Gasteiger charge is 2.15. The maximum atomic E-state index is 13.2. The number of ether oxygens (including phenoxy) is 2. The van der Waals surface area contributed by atoms with Gasteiger partial charge in [0.2, 0.25) is 0 Å². The van der Waals surface area contributed by atoms with Gasteiger partial charge >= 0.3 is 0 Å². The van der Waals surface area contributed by atoms with Gasteiger partial charge in [0.1, 0.15) is 18.5 Å². The molecule has 1 aliphatic heterocycles. The monoisotopic (exact) mass is 229 g/mol. The maximum absolute atomic E-state index is 13.2. The second kappa shape index (κ2) is 5.23. The summed E-state index contributed by atoms with van der Waals surface area (Å²) in [4.78, 5) is 0. The highest BCUT2D eigenvalue weighted by molar-refractivity contribution is 5.24. The van der Waals surface area contributed by atoms with Crippen LogP contribution in [0.2, 0.25) is 0 Å². The van der Waals surface area contributed by atoms with Gasteiger partial charge in [-0.1, -0.05) is 0 Å². The topological polar surface area (TPSA) is 30.5 Å². The van der Waals surface area contributed by atoms with Crippen molar-refractivity contribution < 1.29 is 18.3 Å². The molecule has 0 saturated carbocycles. The summed E-state index contributed by atoms with van der Waals surface area (Å²) >= 11 is 0. The van der Waals surface area contributed by atoms with Crippen molar-refractivity contribution in [1.82, 2.24) is 5.32 Å². The van der Waals surface area contributed by atoms with Crippen LogP contribution in [0.25, 0.3) is 0 Å². The zero-order valence-corrected chi connectivity index (χ0v) is 8.71. The Bertz CT molecular complexity index is 354. The molecule has 1 aromatic carbocycles. The summed E-state index contributed by atoms with van der Waals surface area (Å²) in [6, 6.07) is 3.14. The first-order chi connectivity index (χ1) is 7.75. The van der Waals surface area contributed by atoms with Gasteiger partial charge in [-0.15, -0.1) is 0 Å². The first kappa shape index (κ1) is 11.3. The Morgan fingerprint density at radius 3 is 3.06 bits per heavy atom. The minimum Gasteiger partial charge on any atom is -0.488 e. The highest BCUT2D eigenvalue weighted by Crippen LogP contribution is 2.18. The fraction of sp³-hybridized carbons (Fsp3) is 0.455. The fourth-order valence-corrected chi connectivity index (χ4v) is 1.50. The van der Waals surface area contributed by atoms with Crippen molar-refractivity contribution in [3.63, 3.8) is 0 Å². The standard InChI is InChI=1S/C11H13F2NO2/c12-8-1-2-10(13)11(5-8)16-7-9-6-14-3-4-15-9/h1-2,5,9,14H,3-4,6-7H2. The molecule has 1 aliphatic rings. The van der Waals surface area contributed by atoms with Crippen LogP contribution in [0.1, 0.15) is 0 Å². The van der Waals surface area contributed by atoms with E-state index in [9.17, 15) is 8.78 Å². The van der Waals surface area contributed by atoms with E-state index in [0.717, 1.165) is 24.7 Å². The van der Waals surface area contributed by atoms with Crippen LogP contribution in [0.5, 0.6) is 5.75 Å². The molecule has 1 unspecified atom stereocenters. The molecule has 88 valence electrons. The molecule has 0 aliphatic carbocycles. The molecule has 2 rings (SSSR count).